The lowest BCUT2D eigenvalue weighted by molar-refractivity contribution is -0.147. The standard InChI is InChI=1S/C27H24F3NO4/c28-27(29,30)22-12-10-20(11-13-22)21-14-24(26(33)31-23-4-2-1-3-5-23)35-25(15-21)34-17-19-8-6-18(16-32)7-9-19/h1-14,21,25,32H,15-17H2,(H,31,33)/t21-,25+/m1/s1. The summed E-state index contributed by atoms with van der Waals surface area (Å²) in [7, 11) is 0. The summed E-state index contributed by atoms with van der Waals surface area (Å²) in [6, 6.07) is 20.9. The van der Waals surface area contributed by atoms with Gasteiger partial charge in [0.1, 0.15) is 0 Å². The molecule has 0 saturated carbocycles. The third kappa shape index (κ3) is 6.49. The van der Waals surface area contributed by atoms with E-state index >= 15 is 0 Å². The van der Waals surface area contributed by atoms with Crippen LogP contribution in [0.3, 0.4) is 0 Å². The molecule has 3 aromatic rings. The van der Waals surface area contributed by atoms with E-state index in [1.54, 1.807) is 42.5 Å². The summed E-state index contributed by atoms with van der Waals surface area (Å²) in [4.78, 5) is 12.9. The van der Waals surface area contributed by atoms with E-state index in [9.17, 15) is 23.1 Å². The third-order valence-corrected chi connectivity index (χ3v) is 5.62. The van der Waals surface area contributed by atoms with Gasteiger partial charge in [-0.15, -0.1) is 0 Å². The van der Waals surface area contributed by atoms with Crippen LogP contribution in [0.5, 0.6) is 0 Å². The highest BCUT2D eigenvalue weighted by Crippen LogP contribution is 2.35. The molecule has 0 saturated heterocycles. The predicted molar refractivity (Wildman–Crippen MR) is 124 cm³/mol. The summed E-state index contributed by atoms with van der Waals surface area (Å²) in [5.41, 5.74) is 2.08. The van der Waals surface area contributed by atoms with Gasteiger partial charge in [0.05, 0.1) is 18.8 Å². The van der Waals surface area contributed by atoms with E-state index in [-0.39, 0.29) is 24.9 Å². The molecule has 2 atom stereocenters. The first-order valence-electron chi connectivity index (χ1n) is 11.0. The molecule has 0 unspecified atom stereocenters. The molecule has 0 aliphatic carbocycles. The van der Waals surface area contributed by atoms with Crippen LogP contribution in [0.2, 0.25) is 0 Å². The van der Waals surface area contributed by atoms with Crippen LogP contribution in [0.25, 0.3) is 0 Å². The van der Waals surface area contributed by atoms with Crippen LogP contribution in [0.4, 0.5) is 18.9 Å². The zero-order valence-corrected chi connectivity index (χ0v) is 18.7. The van der Waals surface area contributed by atoms with Crippen LogP contribution in [-0.4, -0.2) is 17.3 Å². The van der Waals surface area contributed by atoms with E-state index < -0.39 is 23.9 Å². The molecule has 1 aliphatic rings. The number of amides is 1. The van der Waals surface area contributed by atoms with Crippen LogP contribution in [0.1, 0.15) is 34.6 Å². The molecule has 0 radical (unpaired) electrons. The Morgan fingerprint density at radius 3 is 2.26 bits per heavy atom. The Labute approximate surface area is 200 Å². The molecule has 5 nitrogen and oxygen atoms in total. The van der Waals surface area contributed by atoms with Crippen molar-refractivity contribution < 1.29 is 32.5 Å². The van der Waals surface area contributed by atoms with Crippen LogP contribution in [0.15, 0.2) is 90.7 Å². The molecule has 4 rings (SSSR count). The lowest BCUT2D eigenvalue weighted by Crippen LogP contribution is -2.29. The van der Waals surface area contributed by atoms with Crippen molar-refractivity contribution in [1.82, 2.24) is 0 Å². The number of anilines is 1. The summed E-state index contributed by atoms with van der Waals surface area (Å²) in [5.74, 6) is -0.830. The first kappa shape index (κ1) is 24.5. The molecule has 8 heteroatoms. The van der Waals surface area contributed by atoms with E-state index in [0.29, 0.717) is 17.7 Å². The number of nitrogens with one attached hydrogen (secondary N) is 1. The average Bonchev–Trinajstić information content (AvgIpc) is 2.88. The minimum Gasteiger partial charge on any atom is -0.459 e. The quantitative estimate of drug-likeness (QED) is 0.448. The maximum atomic E-state index is 13.0. The second-order valence-corrected chi connectivity index (χ2v) is 8.15. The van der Waals surface area contributed by atoms with Gasteiger partial charge in [0.2, 0.25) is 6.29 Å². The highest BCUT2D eigenvalue weighted by Gasteiger charge is 2.32. The highest BCUT2D eigenvalue weighted by molar-refractivity contribution is 6.02. The number of alkyl halides is 3. The monoisotopic (exact) mass is 483 g/mol. The number of para-hydroxylation sites is 1. The summed E-state index contributed by atoms with van der Waals surface area (Å²) in [5, 5.41) is 11.9. The van der Waals surface area contributed by atoms with Gasteiger partial charge in [-0.25, -0.2) is 0 Å². The minimum absolute atomic E-state index is 0.0330. The number of hydrogen-bond donors (Lipinski definition) is 2. The van der Waals surface area contributed by atoms with Gasteiger partial charge in [-0.3, -0.25) is 4.79 Å². The molecule has 0 spiro atoms. The Hall–Kier alpha value is -3.62. The number of aliphatic hydroxyl groups excluding tert-OH is 1. The van der Waals surface area contributed by atoms with E-state index in [4.69, 9.17) is 9.47 Å². The first-order valence-corrected chi connectivity index (χ1v) is 11.0. The van der Waals surface area contributed by atoms with Gasteiger partial charge < -0.3 is 19.9 Å². The maximum Gasteiger partial charge on any atom is 0.416 e. The first-order chi connectivity index (χ1) is 16.8. The predicted octanol–water partition coefficient (Wildman–Crippen LogP) is 5.77. The number of allylic oxidation sites excluding steroid dienone is 1. The molecule has 0 fully saturated rings. The van der Waals surface area contributed by atoms with Gasteiger partial charge in [-0.1, -0.05) is 54.6 Å². The average molecular weight is 483 g/mol. The minimum atomic E-state index is -4.43. The lowest BCUT2D eigenvalue weighted by Gasteiger charge is -2.29. The Morgan fingerprint density at radius 2 is 1.63 bits per heavy atom. The van der Waals surface area contributed by atoms with Crippen LogP contribution in [0, 0.1) is 0 Å². The fourth-order valence-corrected chi connectivity index (χ4v) is 3.71. The molecular formula is C27H24F3NO4. The number of hydrogen-bond acceptors (Lipinski definition) is 4. The number of aliphatic hydroxyl groups is 1. The number of halogens is 3. The van der Waals surface area contributed by atoms with Crippen molar-refractivity contribution in [2.45, 2.75) is 38.0 Å². The fraction of sp³-hybridized carbons (Fsp3) is 0.222. The number of benzene rings is 3. The zero-order valence-electron chi connectivity index (χ0n) is 18.7. The molecule has 0 aromatic heterocycles. The molecule has 35 heavy (non-hydrogen) atoms. The second-order valence-electron chi connectivity index (χ2n) is 8.15. The highest BCUT2D eigenvalue weighted by atomic mass is 19.4. The van der Waals surface area contributed by atoms with Gasteiger partial charge >= 0.3 is 6.18 Å². The van der Waals surface area contributed by atoms with Gasteiger partial charge in [-0.2, -0.15) is 13.2 Å². The van der Waals surface area contributed by atoms with Crippen LogP contribution >= 0.6 is 0 Å². The Morgan fingerprint density at radius 1 is 0.971 bits per heavy atom. The third-order valence-electron chi connectivity index (χ3n) is 5.62. The molecule has 1 heterocycles. The van der Waals surface area contributed by atoms with Crippen molar-refractivity contribution >= 4 is 11.6 Å². The maximum absolute atomic E-state index is 13.0. The molecule has 3 aromatic carbocycles. The van der Waals surface area contributed by atoms with Crippen molar-refractivity contribution in [3.8, 4) is 0 Å². The number of ether oxygens (including phenoxy) is 2. The van der Waals surface area contributed by atoms with E-state index in [1.165, 1.54) is 12.1 Å². The molecule has 182 valence electrons. The van der Waals surface area contributed by atoms with Crippen LogP contribution < -0.4 is 5.32 Å². The van der Waals surface area contributed by atoms with E-state index in [2.05, 4.69) is 5.32 Å². The topological polar surface area (TPSA) is 67.8 Å². The summed E-state index contributed by atoms with van der Waals surface area (Å²) >= 11 is 0. The normalized spacial score (nSPS) is 17.9. The number of carbonyl (C=O) groups is 1. The molecule has 1 aliphatic heterocycles. The van der Waals surface area contributed by atoms with Crippen molar-refractivity contribution in [3.05, 3.63) is 113 Å². The van der Waals surface area contributed by atoms with Gasteiger partial charge in [0.25, 0.3) is 5.91 Å². The Kier molecular flexibility index (Phi) is 7.53. The van der Waals surface area contributed by atoms with Gasteiger partial charge in [0.15, 0.2) is 5.76 Å². The van der Waals surface area contributed by atoms with Crippen molar-refractivity contribution in [3.63, 3.8) is 0 Å². The van der Waals surface area contributed by atoms with Crippen molar-refractivity contribution in [2.24, 2.45) is 0 Å². The van der Waals surface area contributed by atoms with Gasteiger partial charge in [0, 0.05) is 18.0 Å². The van der Waals surface area contributed by atoms with Crippen molar-refractivity contribution in [2.75, 3.05) is 5.32 Å². The smallest absolute Gasteiger partial charge is 0.416 e. The van der Waals surface area contributed by atoms with E-state index in [1.807, 2.05) is 18.2 Å². The molecular weight excluding hydrogens is 459 g/mol. The number of rotatable bonds is 7. The largest absolute Gasteiger partial charge is 0.459 e. The summed E-state index contributed by atoms with van der Waals surface area (Å²) in [6.07, 6.45) is -3.29. The fourth-order valence-electron chi connectivity index (χ4n) is 3.71. The zero-order chi connectivity index (χ0) is 24.8. The Bertz CT molecular complexity index is 1160. The summed E-state index contributed by atoms with van der Waals surface area (Å²) < 4.78 is 50.7. The molecule has 1 amide bonds. The number of carbonyl (C=O) groups excluding carboxylic acids is 1. The second kappa shape index (κ2) is 10.8. The SMILES string of the molecule is O=C(Nc1ccccc1)C1=C[C@@H](c2ccc(C(F)(F)F)cc2)C[C@@H](OCc2ccc(CO)cc2)O1. The summed E-state index contributed by atoms with van der Waals surface area (Å²) in [6.45, 7) is 0.135. The Balaban J connectivity index is 1.53. The van der Waals surface area contributed by atoms with Crippen LogP contribution in [-0.2, 0) is 33.7 Å². The van der Waals surface area contributed by atoms with E-state index in [0.717, 1.165) is 23.3 Å². The van der Waals surface area contributed by atoms with Crippen molar-refractivity contribution in [1.29, 1.82) is 0 Å². The van der Waals surface area contributed by atoms with Gasteiger partial charge in [-0.05, 0) is 47.0 Å². The molecule has 0 bridgehead atoms. The lowest BCUT2D eigenvalue weighted by atomic mass is 9.92. The molecule has 2 N–H and O–H groups in total.